The van der Waals surface area contributed by atoms with Crippen LogP contribution in [0.15, 0.2) is 60.7 Å². The Morgan fingerprint density at radius 3 is 1.97 bits per heavy atom. The summed E-state index contributed by atoms with van der Waals surface area (Å²) < 4.78 is 5.21. The van der Waals surface area contributed by atoms with Gasteiger partial charge in [-0.2, -0.15) is 0 Å². The lowest BCUT2D eigenvalue weighted by atomic mass is 10.0. The van der Waals surface area contributed by atoms with Crippen LogP contribution in [-0.4, -0.2) is 35.2 Å². The number of hydrogen-bond acceptors (Lipinski definition) is 5. The Kier molecular flexibility index (Phi) is 9.51. The summed E-state index contributed by atoms with van der Waals surface area (Å²) >= 11 is 0. The van der Waals surface area contributed by atoms with Gasteiger partial charge in [-0.1, -0.05) is 74.5 Å². The first-order valence-electron chi connectivity index (χ1n) is 10.1. The molecule has 0 aliphatic carbocycles. The predicted molar refractivity (Wildman–Crippen MR) is 115 cm³/mol. The van der Waals surface area contributed by atoms with Crippen LogP contribution in [0.25, 0.3) is 0 Å². The summed E-state index contributed by atoms with van der Waals surface area (Å²) in [4.78, 5) is 37.2. The fourth-order valence-corrected chi connectivity index (χ4v) is 3.02. The van der Waals surface area contributed by atoms with Crippen molar-refractivity contribution in [3.05, 3.63) is 71.8 Å². The van der Waals surface area contributed by atoms with Crippen LogP contribution in [0.4, 0.5) is 4.79 Å². The van der Waals surface area contributed by atoms with Crippen molar-refractivity contribution in [1.82, 2.24) is 16.1 Å². The second-order valence-electron chi connectivity index (χ2n) is 7.62. The molecule has 0 aliphatic heterocycles. The molecule has 0 saturated carbocycles. The molecule has 3 amide bonds. The van der Waals surface area contributed by atoms with E-state index in [1.807, 2.05) is 74.5 Å². The Bertz CT molecular complexity index is 843. The van der Waals surface area contributed by atoms with E-state index in [0.717, 1.165) is 11.1 Å². The third-order valence-corrected chi connectivity index (χ3v) is 4.55. The molecule has 0 aromatic heterocycles. The number of alkyl carbamates (subject to hydrolysis) is 1. The molecule has 8 heteroatoms. The normalized spacial score (nSPS) is 12.5. The van der Waals surface area contributed by atoms with Crippen molar-refractivity contribution >= 4 is 17.9 Å². The topological polar surface area (TPSA) is 117 Å². The first-order valence-corrected chi connectivity index (χ1v) is 10.1. The minimum atomic E-state index is -1.00. The molecule has 0 radical (unpaired) electrons. The van der Waals surface area contributed by atoms with Gasteiger partial charge in [-0.15, -0.1) is 0 Å². The van der Waals surface area contributed by atoms with Crippen LogP contribution < -0.4 is 16.1 Å². The number of benzene rings is 2. The molecule has 0 heterocycles. The van der Waals surface area contributed by atoms with Crippen LogP contribution in [0.1, 0.15) is 31.4 Å². The van der Waals surface area contributed by atoms with E-state index in [0.29, 0.717) is 6.42 Å². The molecular formula is C23H29N3O5. The Hall–Kier alpha value is -3.39. The molecule has 2 atom stereocenters. The summed E-state index contributed by atoms with van der Waals surface area (Å²) in [6.07, 6.45) is -0.187. The first kappa shape index (κ1) is 23.9. The minimum absolute atomic E-state index is 0.0756. The standard InChI is InChI=1S/C23H29N3O5/c1-16(2)13-19(25-23(29)31-15-18-11-7-4-8-12-18)21(27)24-20(22(28)26-30)14-17-9-5-3-6-10-17/h3-12,16,19-20,30H,13-15H2,1-2H3,(H,24,27)(H,25,29)(H,26,28)/t19-,20-/m0/s1. The lowest BCUT2D eigenvalue weighted by molar-refractivity contribution is -0.135. The van der Waals surface area contributed by atoms with Crippen LogP contribution in [-0.2, 0) is 27.4 Å². The molecule has 8 nitrogen and oxygen atoms in total. The van der Waals surface area contributed by atoms with E-state index in [4.69, 9.17) is 9.94 Å². The molecule has 2 rings (SSSR count). The predicted octanol–water partition coefficient (Wildman–Crippen LogP) is 2.56. The molecule has 4 N–H and O–H groups in total. The van der Waals surface area contributed by atoms with E-state index >= 15 is 0 Å². The lowest BCUT2D eigenvalue weighted by Crippen LogP contribution is -2.54. The number of carbonyl (C=O) groups is 3. The van der Waals surface area contributed by atoms with Gasteiger partial charge in [0.15, 0.2) is 0 Å². The molecular weight excluding hydrogens is 398 g/mol. The van der Waals surface area contributed by atoms with E-state index in [1.165, 1.54) is 0 Å². The van der Waals surface area contributed by atoms with Crippen LogP contribution in [0.5, 0.6) is 0 Å². The molecule has 0 aliphatic rings. The van der Waals surface area contributed by atoms with Crippen molar-refractivity contribution in [3.63, 3.8) is 0 Å². The number of rotatable bonds is 10. The van der Waals surface area contributed by atoms with E-state index in [-0.39, 0.29) is 18.9 Å². The summed E-state index contributed by atoms with van der Waals surface area (Å²) in [6, 6.07) is 16.4. The number of ether oxygens (including phenoxy) is 1. The highest BCUT2D eigenvalue weighted by Gasteiger charge is 2.28. The van der Waals surface area contributed by atoms with Crippen molar-refractivity contribution in [2.24, 2.45) is 5.92 Å². The number of carbonyl (C=O) groups excluding carboxylic acids is 3. The van der Waals surface area contributed by atoms with Crippen molar-refractivity contribution in [3.8, 4) is 0 Å². The monoisotopic (exact) mass is 427 g/mol. The largest absolute Gasteiger partial charge is 0.445 e. The molecule has 0 spiro atoms. The third kappa shape index (κ3) is 8.47. The second kappa shape index (κ2) is 12.3. The van der Waals surface area contributed by atoms with Crippen molar-refractivity contribution < 1.29 is 24.3 Å². The molecule has 0 unspecified atom stereocenters. The molecule has 166 valence electrons. The molecule has 2 aromatic rings. The van der Waals surface area contributed by atoms with Gasteiger partial charge in [-0.05, 0) is 23.5 Å². The fourth-order valence-electron chi connectivity index (χ4n) is 3.02. The highest BCUT2D eigenvalue weighted by Crippen LogP contribution is 2.09. The number of nitrogens with one attached hydrogen (secondary N) is 3. The summed E-state index contributed by atoms with van der Waals surface area (Å²) in [5.74, 6) is -1.17. The summed E-state index contributed by atoms with van der Waals surface area (Å²) in [6.45, 7) is 3.91. The maximum absolute atomic E-state index is 12.9. The average Bonchev–Trinajstić information content (AvgIpc) is 2.77. The Balaban J connectivity index is 2.01. The van der Waals surface area contributed by atoms with Crippen LogP contribution >= 0.6 is 0 Å². The van der Waals surface area contributed by atoms with Crippen molar-refractivity contribution in [1.29, 1.82) is 0 Å². The SMILES string of the molecule is CC(C)C[C@H](NC(=O)OCc1ccccc1)C(=O)N[C@@H](Cc1ccccc1)C(=O)NO. The van der Waals surface area contributed by atoms with Crippen LogP contribution in [0.2, 0.25) is 0 Å². The van der Waals surface area contributed by atoms with Crippen LogP contribution in [0, 0.1) is 5.92 Å². The highest BCUT2D eigenvalue weighted by atomic mass is 16.5. The smallest absolute Gasteiger partial charge is 0.408 e. The minimum Gasteiger partial charge on any atom is -0.445 e. The Labute approximate surface area is 181 Å². The molecule has 0 fully saturated rings. The Morgan fingerprint density at radius 1 is 0.839 bits per heavy atom. The summed E-state index contributed by atoms with van der Waals surface area (Å²) in [5.41, 5.74) is 3.22. The summed E-state index contributed by atoms with van der Waals surface area (Å²) in [7, 11) is 0. The zero-order valence-electron chi connectivity index (χ0n) is 17.7. The number of hydrogen-bond donors (Lipinski definition) is 4. The van der Waals surface area contributed by atoms with Crippen molar-refractivity contribution in [2.45, 2.75) is 45.4 Å². The maximum Gasteiger partial charge on any atom is 0.408 e. The van der Waals surface area contributed by atoms with E-state index in [9.17, 15) is 14.4 Å². The maximum atomic E-state index is 12.9. The van der Waals surface area contributed by atoms with Gasteiger partial charge in [-0.3, -0.25) is 14.8 Å². The van der Waals surface area contributed by atoms with Gasteiger partial charge in [0.1, 0.15) is 18.7 Å². The van der Waals surface area contributed by atoms with E-state index < -0.39 is 30.0 Å². The molecule has 0 bridgehead atoms. The van der Waals surface area contributed by atoms with Gasteiger partial charge in [-0.25, -0.2) is 10.3 Å². The molecule has 31 heavy (non-hydrogen) atoms. The summed E-state index contributed by atoms with van der Waals surface area (Å²) in [5, 5.41) is 14.3. The van der Waals surface area contributed by atoms with Crippen LogP contribution in [0.3, 0.4) is 0 Å². The van der Waals surface area contributed by atoms with Crippen molar-refractivity contribution in [2.75, 3.05) is 0 Å². The zero-order chi connectivity index (χ0) is 22.6. The average molecular weight is 428 g/mol. The van der Waals surface area contributed by atoms with E-state index in [1.54, 1.807) is 5.48 Å². The van der Waals surface area contributed by atoms with E-state index in [2.05, 4.69) is 10.6 Å². The van der Waals surface area contributed by atoms with Gasteiger partial charge in [0, 0.05) is 6.42 Å². The molecule has 2 aromatic carbocycles. The first-order chi connectivity index (χ1) is 14.9. The number of hydroxylamine groups is 1. The van der Waals surface area contributed by atoms with Gasteiger partial charge in [0.05, 0.1) is 0 Å². The lowest BCUT2D eigenvalue weighted by Gasteiger charge is -2.23. The quantitative estimate of drug-likeness (QED) is 0.343. The number of amides is 3. The zero-order valence-corrected chi connectivity index (χ0v) is 17.7. The van der Waals surface area contributed by atoms with Gasteiger partial charge in [0.25, 0.3) is 5.91 Å². The third-order valence-electron chi connectivity index (χ3n) is 4.55. The van der Waals surface area contributed by atoms with Gasteiger partial charge < -0.3 is 15.4 Å². The fraction of sp³-hybridized carbons (Fsp3) is 0.348. The second-order valence-corrected chi connectivity index (χ2v) is 7.62. The van der Waals surface area contributed by atoms with Gasteiger partial charge >= 0.3 is 6.09 Å². The Morgan fingerprint density at radius 2 is 1.42 bits per heavy atom. The molecule has 0 saturated heterocycles. The van der Waals surface area contributed by atoms with Gasteiger partial charge in [0.2, 0.25) is 5.91 Å². The highest BCUT2D eigenvalue weighted by molar-refractivity contribution is 5.91.